The minimum absolute atomic E-state index is 0.208. The third-order valence-electron chi connectivity index (χ3n) is 4.62. The minimum atomic E-state index is -1.12. The molecule has 0 saturated carbocycles. The average Bonchev–Trinajstić information content (AvgIpc) is 3.26. The molecule has 0 aliphatic heterocycles. The average molecular weight is 365 g/mol. The van der Waals surface area contributed by atoms with Gasteiger partial charge in [-0.05, 0) is 42.3 Å². The van der Waals surface area contributed by atoms with Gasteiger partial charge in [0.2, 0.25) is 0 Å². The van der Waals surface area contributed by atoms with E-state index in [1.807, 2.05) is 18.3 Å². The number of aromatic nitrogens is 4. The molecular weight excluding hydrogens is 345 g/mol. The molecule has 3 aromatic heterocycles. The van der Waals surface area contributed by atoms with Gasteiger partial charge in [0.15, 0.2) is 0 Å². The molecule has 0 spiro atoms. The lowest BCUT2D eigenvalue weighted by molar-refractivity contribution is 0.180. The first kappa shape index (κ1) is 17.4. The number of pyridine rings is 1. The van der Waals surface area contributed by atoms with Gasteiger partial charge in [-0.1, -0.05) is 13.8 Å². The SMILES string of the molecule is CC(C)c1[nH]nc(-c2ccc(F)cc2)c1-c1ccc2ncc(C(N)O)n2c1. The molecule has 7 heteroatoms. The summed E-state index contributed by atoms with van der Waals surface area (Å²) in [5.41, 5.74) is 11.2. The highest BCUT2D eigenvalue weighted by Gasteiger charge is 2.20. The number of hydrogen-bond donors (Lipinski definition) is 3. The molecule has 27 heavy (non-hydrogen) atoms. The summed E-state index contributed by atoms with van der Waals surface area (Å²) in [6, 6.07) is 10.1. The first-order valence-electron chi connectivity index (χ1n) is 8.71. The van der Waals surface area contributed by atoms with Crippen LogP contribution in [-0.4, -0.2) is 24.7 Å². The van der Waals surface area contributed by atoms with Crippen LogP contribution in [0, 0.1) is 5.82 Å². The zero-order chi connectivity index (χ0) is 19.1. The summed E-state index contributed by atoms with van der Waals surface area (Å²) in [5.74, 6) is -0.0823. The molecular formula is C20H20FN5O. The number of fused-ring (bicyclic) bond motifs is 1. The van der Waals surface area contributed by atoms with Gasteiger partial charge in [0.1, 0.15) is 23.4 Å². The standard InChI is InChI=1S/C20H20FN5O/c1-11(2)18-17(19(25-24-18)12-3-6-14(21)7-4-12)13-5-8-16-23-9-15(20(22)27)26(16)10-13/h3-11,20,27H,22H2,1-2H3,(H,24,25). The molecule has 0 bridgehead atoms. The zero-order valence-electron chi connectivity index (χ0n) is 15.0. The number of rotatable bonds is 4. The van der Waals surface area contributed by atoms with Gasteiger partial charge in [0.25, 0.3) is 0 Å². The number of nitrogens with two attached hydrogens (primary N) is 1. The van der Waals surface area contributed by atoms with Crippen molar-refractivity contribution in [2.75, 3.05) is 0 Å². The molecule has 4 aromatic rings. The number of nitrogens with one attached hydrogen (secondary N) is 1. The van der Waals surface area contributed by atoms with Crippen molar-refractivity contribution in [2.45, 2.75) is 26.0 Å². The highest BCUT2D eigenvalue weighted by atomic mass is 19.1. The second-order valence-corrected chi connectivity index (χ2v) is 6.80. The maximum Gasteiger partial charge on any atom is 0.145 e. The summed E-state index contributed by atoms with van der Waals surface area (Å²) < 4.78 is 15.1. The number of aliphatic hydroxyl groups excluding tert-OH is 1. The summed E-state index contributed by atoms with van der Waals surface area (Å²) in [6.45, 7) is 4.16. The van der Waals surface area contributed by atoms with E-state index in [1.165, 1.54) is 12.1 Å². The molecule has 4 N–H and O–H groups in total. The Morgan fingerprint density at radius 3 is 2.48 bits per heavy atom. The van der Waals surface area contributed by atoms with Gasteiger partial charge >= 0.3 is 0 Å². The van der Waals surface area contributed by atoms with Gasteiger partial charge in [-0.2, -0.15) is 5.10 Å². The molecule has 0 amide bonds. The molecule has 0 fully saturated rings. The van der Waals surface area contributed by atoms with Crippen molar-refractivity contribution in [1.82, 2.24) is 19.6 Å². The van der Waals surface area contributed by atoms with E-state index >= 15 is 0 Å². The first-order valence-corrected chi connectivity index (χ1v) is 8.71. The second-order valence-electron chi connectivity index (χ2n) is 6.80. The smallest absolute Gasteiger partial charge is 0.145 e. The number of H-pyrrole nitrogens is 1. The molecule has 1 aromatic carbocycles. The van der Waals surface area contributed by atoms with Crippen molar-refractivity contribution in [3.05, 3.63) is 66.0 Å². The Kier molecular flexibility index (Phi) is 4.25. The molecule has 138 valence electrons. The van der Waals surface area contributed by atoms with Crippen molar-refractivity contribution >= 4 is 5.65 Å². The van der Waals surface area contributed by atoms with E-state index < -0.39 is 6.23 Å². The summed E-state index contributed by atoms with van der Waals surface area (Å²) >= 11 is 0. The summed E-state index contributed by atoms with van der Waals surface area (Å²) in [5, 5.41) is 17.4. The fraction of sp³-hybridized carbons (Fsp3) is 0.200. The van der Waals surface area contributed by atoms with Crippen LogP contribution < -0.4 is 5.73 Å². The molecule has 1 atom stereocenters. The fourth-order valence-corrected chi connectivity index (χ4v) is 3.25. The number of aromatic amines is 1. The Bertz CT molecular complexity index is 1100. The lowest BCUT2D eigenvalue weighted by atomic mass is 9.95. The highest BCUT2D eigenvalue weighted by Crippen LogP contribution is 2.36. The number of imidazole rings is 1. The Balaban J connectivity index is 1.94. The predicted octanol–water partition coefficient (Wildman–Crippen LogP) is 3.60. The summed E-state index contributed by atoms with van der Waals surface area (Å²) in [4.78, 5) is 4.27. The van der Waals surface area contributed by atoms with E-state index in [9.17, 15) is 9.50 Å². The van der Waals surface area contributed by atoms with Gasteiger partial charge in [-0.3, -0.25) is 9.50 Å². The predicted molar refractivity (Wildman–Crippen MR) is 101 cm³/mol. The van der Waals surface area contributed by atoms with Gasteiger partial charge in [-0.25, -0.2) is 9.37 Å². The Morgan fingerprint density at radius 2 is 1.81 bits per heavy atom. The van der Waals surface area contributed by atoms with Crippen LogP contribution in [0.2, 0.25) is 0 Å². The van der Waals surface area contributed by atoms with E-state index in [-0.39, 0.29) is 11.7 Å². The number of benzene rings is 1. The van der Waals surface area contributed by atoms with Crippen LogP contribution in [0.25, 0.3) is 28.0 Å². The molecule has 0 radical (unpaired) electrons. The second kappa shape index (κ2) is 6.61. The van der Waals surface area contributed by atoms with Crippen LogP contribution in [0.5, 0.6) is 0 Å². The van der Waals surface area contributed by atoms with E-state index in [4.69, 9.17) is 5.73 Å². The normalized spacial score (nSPS) is 12.8. The zero-order valence-corrected chi connectivity index (χ0v) is 15.0. The maximum absolute atomic E-state index is 13.3. The largest absolute Gasteiger partial charge is 0.373 e. The monoisotopic (exact) mass is 365 g/mol. The molecule has 6 nitrogen and oxygen atoms in total. The van der Waals surface area contributed by atoms with Crippen LogP contribution in [-0.2, 0) is 0 Å². The van der Waals surface area contributed by atoms with Gasteiger partial charge in [-0.15, -0.1) is 0 Å². The number of nitrogens with zero attached hydrogens (tertiary/aromatic N) is 3. The van der Waals surface area contributed by atoms with Crippen molar-refractivity contribution in [1.29, 1.82) is 0 Å². The summed E-state index contributed by atoms with van der Waals surface area (Å²) in [6.07, 6.45) is 2.32. The number of hydrogen-bond acceptors (Lipinski definition) is 4. The maximum atomic E-state index is 13.3. The van der Waals surface area contributed by atoms with Crippen LogP contribution in [0.1, 0.15) is 37.4 Å². The summed E-state index contributed by atoms with van der Waals surface area (Å²) in [7, 11) is 0. The molecule has 0 aliphatic carbocycles. The topological polar surface area (TPSA) is 92.2 Å². The Labute approximate surface area is 155 Å². The molecule has 4 rings (SSSR count). The van der Waals surface area contributed by atoms with Crippen LogP contribution in [0.3, 0.4) is 0 Å². The minimum Gasteiger partial charge on any atom is -0.373 e. The van der Waals surface area contributed by atoms with E-state index in [0.29, 0.717) is 11.3 Å². The third kappa shape index (κ3) is 3.01. The molecule has 3 heterocycles. The lowest BCUT2D eigenvalue weighted by Gasteiger charge is -2.11. The fourth-order valence-electron chi connectivity index (χ4n) is 3.25. The van der Waals surface area contributed by atoms with Crippen molar-refractivity contribution in [2.24, 2.45) is 5.73 Å². The third-order valence-corrected chi connectivity index (χ3v) is 4.62. The quantitative estimate of drug-likeness (QED) is 0.482. The van der Waals surface area contributed by atoms with Gasteiger partial charge in [0, 0.05) is 28.6 Å². The van der Waals surface area contributed by atoms with E-state index in [0.717, 1.165) is 28.1 Å². The Hall–Kier alpha value is -3.03. The number of aliphatic hydroxyl groups is 1. The van der Waals surface area contributed by atoms with Gasteiger partial charge in [0.05, 0.1) is 11.9 Å². The first-order chi connectivity index (χ1) is 13.0. The Morgan fingerprint density at radius 1 is 1.11 bits per heavy atom. The lowest BCUT2D eigenvalue weighted by Crippen LogP contribution is -2.11. The van der Waals surface area contributed by atoms with Crippen molar-refractivity contribution < 1.29 is 9.50 Å². The van der Waals surface area contributed by atoms with Crippen LogP contribution in [0.4, 0.5) is 4.39 Å². The highest BCUT2D eigenvalue weighted by molar-refractivity contribution is 5.83. The molecule has 0 saturated heterocycles. The molecule has 0 aliphatic rings. The molecule has 1 unspecified atom stereocenters. The van der Waals surface area contributed by atoms with E-state index in [1.54, 1.807) is 22.7 Å². The van der Waals surface area contributed by atoms with Crippen LogP contribution in [0.15, 0.2) is 48.8 Å². The van der Waals surface area contributed by atoms with Gasteiger partial charge < -0.3 is 10.8 Å². The number of halogens is 1. The van der Waals surface area contributed by atoms with Crippen LogP contribution >= 0.6 is 0 Å². The van der Waals surface area contributed by atoms with E-state index in [2.05, 4.69) is 29.0 Å². The van der Waals surface area contributed by atoms with Crippen molar-refractivity contribution in [3.8, 4) is 22.4 Å². The van der Waals surface area contributed by atoms with Crippen molar-refractivity contribution in [3.63, 3.8) is 0 Å².